The molecule has 3 rings (SSSR count). The average Bonchev–Trinajstić information content (AvgIpc) is 2.98. The number of methoxy groups -OCH3 is 2. The highest BCUT2D eigenvalue weighted by atomic mass is 16.5. The van der Waals surface area contributed by atoms with Gasteiger partial charge in [0.15, 0.2) is 5.65 Å². The minimum atomic E-state index is -0.404. The molecule has 0 saturated carbocycles. The van der Waals surface area contributed by atoms with Crippen LogP contribution in [0.5, 0.6) is 5.75 Å². The van der Waals surface area contributed by atoms with Crippen LogP contribution in [-0.2, 0) is 16.1 Å². The number of nitrogens with one attached hydrogen (secondary N) is 1. The molecule has 1 aromatic carbocycles. The van der Waals surface area contributed by atoms with E-state index in [1.54, 1.807) is 27.2 Å². The monoisotopic (exact) mass is 371 g/mol. The first-order valence-corrected chi connectivity index (χ1v) is 8.40. The Kier molecular flexibility index (Phi) is 5.51. The van der Waals surface area contributed by atoms with Crippen LogP contribution in [0.4, 0.5) is 0 Å². The molecule has 9 heteroatoms. The third kappa shape index (κ3) is 3.98. The number of carbonyl (C=O) groups excluding carboxylic acids is 1. The molecule has 0 unspecified atom stereocenters. The van der Waals surface area contributed by atoms with Crippen molar-refractivity contribution in [1.82, 2.24) is 24.5 Å². The molecule has 2 aromatic heterocycles. The number of fused-ring (bicyclic) bond motifs is 1. The second kappa shape index (κ2) is 8.00. The summed E-state index contributed by atoms with van der Waals surface area (Å²) in [6.07, 6.45) is 0. The highest BCUT2D eigenvalue weighted by molar-refractivity contribution is 5.75. The molecule has 0 aliphatic carbocycles. The second-order valence-corrected chi connectivity index (χ2v) is 5.89. The average molecular weight is 371 g/mol. The van der Waals surface area contributed by atoms with Crippen LogP contribution in [0.3, 0.4) is 0 Å². The number of rotatable bonds is 7. The van der Waals surface area contributed by atoms with E-state index in [1.165, 1.54) is 4.40 Å². The lowest BCUT2D eigenvalue weighted by Crippen LogP contribution is -2.34. The molecule has 0 radical (unpaired) electrons. The summed E-state index contributed by atoms with van der Waals surface area (Å²) in [5.41, 5.74) is 1.59. The fourth-order valence-electron chi connectivity index (χ4n) is 2.70. The van der Waals surface area contributed by atoms with Crippen molar-refractivity contribution in [2.75, 3.05) is 27.4 Å². The van der Waals surface area contributed by atoms with Gasteiger partial charge in [0.1, 0.15) is 18.1 Å². The lowest BCUT2D eigenvalue weighted by molar-refractivity contribution is -0.122. The number of aromatic nitrogens is 4. The van der Waals surface area contributed by atoms with Gasteiger partial charge in [-0.05, 0) is 31.2 Å². The van der Waals surface area contributed by atoms with Crippen molar-refractivity contribution in [1.29, 1.82) is 0 Å². The van der Waals surface area contributed by atoms with E-state index >= 15 is 0 Å². The Morgan fingerprint density at radius 2 is 1.96 bits per heavy atom. The summed E-state index contributed by atoms with van der Waals surface area (Å²) in [5, 5.41) is 6.94. The molecule has 2 heterocycles. The Morgan fingerprint density at radius 3 is 2.63 bits per heavy atom. The first-order chi connectivity index (χ1) is 13.0. The fourth-order valence-corrected chi connectivity index (χ4v) is 2.70. The standard InChI is InChI=1S/C18H21N5O4/c1-12-20-15(13-4-6-14(27-3)7-5-13)10-16-21-22(18(25)23(12)16)11-17(24)19-8-9-26-2/h4-7,10H,8-9,11H2,1-3H3,(H,19,24). The molecular weight excluding hydrogens is 350 g/mol. The molecule has 1 amide bonds. The number of ether oxygens (including phenoxy) is 2. The van der Waals surface area contributed by atoms with Crippen LogP contribution in [0.1, 0.15) is 5.82 Å². The minimum absolute atomic E-state index is 0.165. The predicted octanol–water partition coefficient (Wildman–Crippen LogP) is 0.638. The van der Waals surface area contributed by atoms with Crippen molar-refractivity contribution in [3.63, 3.8) is 0 Å². The summed E-state index contributed by atoms with van der Waals surface area (Å²) in [4.78, 5) is 29.0. The number of amides is 1. The van der Waals surface area contributed by atoms with Crippen LogP contribution in [-0.4, -0.2) is 52.4 Å². The number of aryl methyl sites for hydroxylation is 1. The largest absolute Gasteiger partial charge is 0.497 e. The zero-order chi connectivity index (χ0) is 19.4. The first kappa shape index (κ1) is 18.6. The maximum atomic E-state index is 12.5. The smallest absolute Gasteiger partial charge is 0.352 e. The molecule has 27 heavy (non-hydrogen) atoms. The predicted molar refractivity (Wildman–Crippen MR) is 98.9 cm³/mol. The second-order valence-electron chi connectivity index (χ2n) is 5.89. The summed E-state index contributed by atoms with van der Waals surface area (Å²) in [6.45, 7) is 2.34. The number of benzene rings is 1. The molecule has 1 N–H and O–H groups in total. The first-order valence-electron chi connectivity index (χ1n) is 8.40. The third-order valence-electron chi connectivity index (χ3n) is 4.04. The van der Waals surface area contributed by atoms with Crippen LogP contribution >= 0.6 is 0 Å². The van der Waals surface area contributed by atoms with Crippen LogP contribution in [0.25, 0.3) is 16.9 Å². The SMILES string of the molecule is COCCNC(=O)Cn1nc2cc(-c3ccc(OC)cc3)nc(C)n2c1=O. The number of hydrogen-bond donors (Lipinski definition) is 1. The number of carbonyl (C=O) groups is 1. The topological polar surface area (TPSA) is 99.8 Å². The van der Waals surface area contributed by atoms with Crippen LogP contribution in [0.15, 0.2) is 35.1 Å². The summed E-state index contributed by atoms with van der Waals surface area (Å²) in [7, 11) is 3.16. The molecule has 0 spiro atoms. The van der Waals surface area contributed by atoms with Gasteiger partial charge >= 0.3 is 5.69 Å². The molecule has 142 valence electrons. The van der Waals surface area contributed by atoms with E-state index in [2.05, 4.69) is 15.4 Å². The zero-order valence-electron chi connectivity index (χ0n) is 15.4. The quantitative estimate of drug-likeness (QED) is 0.612. The van der Waals surface area contributed by atoms with Crippen LogP contribution in [0.2, 0.25) is 0 Å². The van der Waals surface area contributed by atoms with Crippen molar-refractivity contribution in [2.24, 2.45) is 0 Å². The van der Waals surface area contributed by atoms with Gasteiger partial charge in [0, 0.05) is 25.3 Å². The van der Waals surface area contributed by atoms with Gasteiger partial charge in [0.2, 0.25) is 5.91 Å². The highest BCUT2D eigenvalue weighted by Gasteiger charge is 2.14. The van der Waals surface area contributed by atoms with E-state index in [-0.39, 0.29) is 12.5 Å². The Morgan fingerprint density at radius 1 is 1.22 bits per heavy atom. The van der Waals surface area contributed by atoms with Crippen molar-refractivity contribution in [3.05, 3.63) is 46.6 Å². The maximum absolute atomic E-state index is 12.5. The Hall–Kier alpha value is -3.20. The molecule has 0 aliphatic heterocycles. The molecule has 3 aromatic rings. The molecule has 0 atom stereocenters. The van der Waals surface area contributed by atoms with Gasteiger partial charge < -0.3 is 14.8 Å². The Bertz CT molecular complexity index is 1010. The zero-order valence-corrected chi connectivity index (χ0v) is 15.4. The van der Waals surface area contributed by atoms with Gasteiger partial charge in [-0.15, -0.1) is 5.10 Å². The summed E-state index contributed by atoms with van der Waals surface area (Å²) >= 11 is 0. The maximum Gasteiger partial charge on any atom is 0.352 e. The van der Waals surface area contributed by atoms with Gasteiger partial charge in [0.25, 0.3) is 0 Å². The lowest BCUT2D eigenvalue weighted by Gasteiger charge is -2.05. The van der Waals surface area contributed by atoms with E-state index in [0.29, 0.717) is 30.3 Å². The van der Waals surface area contributed by atoms with Crippen molar-refractivity contribution < 1.29 is 14.3 Å². The number of nitrogens with zero attached hydrogens (tertiary/aromatic N) is 4. The van der Waals surface area contributed by atoms with Gasteiger partial charge in [-0.1, -0.05) is 0 Å². The van der Waals surface area contributed by atoms with Gasteiger partial charge in [-0.2, -0.15) is 0 Å². The van der Waals surface area contributed by atoms with Crippen molar-refractivity contribution in [2.45, 2.75) is 13.5 Å². The van der Waals surface area contributed by atoms with E-state index in [0.717, 1.165) is 16.0 Å². The van der Waals surface area contributed by atoms with E-state index in [9.17, 15) is 9.59 Å². The van der Waals surface area contributed by atoms with Crippen molar-refractivity contribution in [3.8, 4) is 17.0 Å². The van der Waals surface area contributed by atoms with E-state index in [1.807, 2.05) is 24.3 Å². The van der Waals surface area contributed by atoms with E-state index in [4.69, 9.17) is 9.47 Å². The van der Waals surface area contributed by atoms with Gasteiger partial charge in [-0.3, -0.25) is 4.79 Å². The van der Waals surface area contributed by atoms with E-state index < -0.39 is 5.69 Å². The number of hydrogen-bond acceptors (Lipinski definition) is 6. The normalized spacial score (nSPS) is 10.9. The molecule has 0 fully saturated rings. The highest BCUT2D eigenvalue weighted by Crippen LogP contribution is 2.21. The minimum Gasteiger partial charge on any atom is -0.497 e. The van der Waals surface area contributed by atoms with Crippen molar-refractivity contribution >= 4 is 11.6 Å². The van der Waals surface area contributed by atoms with Crippen LogP contribution in [0, 0.1) is 6.92 Å². The van der Waals surface area contributed by atoms with Gasteiger partial charge in [0.05, 0.1) is 19.4 Å². The Balaban J connectivity index is 1.91. The van der Waals surface area contributed by atoms with Crippen LogP contribution < -0.4 is 15.7 Å². The lowest BCUT2D eigenvalue weighted by atomic mass is 10.1. The summed E-state index contributed by atoms with van der Waals surface area (Å²) in [5.74, 6) is 0.935. The molecule has 0 aliphatic rings. The third-order valence-corrected chi connectivity index (χ3v) is 4.04. The summed E-state index contributed by atoms with van der Waals surface area (Å²) < 4.78 is 12.6. The molecular formula is C18H21N5O4. The summed E-state index contributed by atoms with van der Waals surface area (Å²) in [6, 6.07) is 9.16. The molecule has 0 saturated heterocycles. The Labute approximate surface area is 155 Å². The fraction of sp³-hybridized carbons (Fsp3) is 0.333. The molecule has 0 bridgehead atoms. The van der Waals surface area contributed by atoms with Gasteiger partial charge in [-0.25, -0.2) is 18.9 Å². The molecule has 9 nitrogen and oxygen atoms in total.